The highest BCUT2D eigenvalue weighted by Crippen LogP contribution is 2.20. The molecule has 1 rings (SSSR count). The third kappa shape index (κ3) is 3.11. The van der Waals surface area contributed by atoms with Gasteiger partial charge in [0.1, 0.15) is 0 Å². The Kier molecular flexibility index (Phi) is 3.74. The number of halogens is 3. The molecule has 0 saturated carbocycles. The highest BCUT2D eigenvalue weighted by Gasteiger charge is 2.38. The molecule has 0 aliphatic carbocycles. The highest BCUT2D eigenvalue weighted by atomic mass is 19.4. The molecule has 3 atom stereocenters. The number of nitrogens with one attached hydrogen (secondary N) is 1. The van der Waals surface area contributed by atoms with Crippen molar-refractivity contribution in [2.45, 2.75) is 37.8 Å². The number of aliphatic hydroxyl groups excluding tert-OH is 1. The minimum atomic E-state index is -4.55. The molecular formula is C8H14F3NO2. The quantitative estimate of drug-likeness (QED) is 0.724. The van der Waals surface area contributed by atoms with Gasteiger partial charge in [-0.25, -0.2) is 0 Å². The summed E-state index contributed by atoms with van der Waals surface area (Å²) in [7, 11) is 0. The van der Waals surface area contributed by atoms with Crippen molar-refractivity contribution in [3.63, 3.8) is 0 Å². The SMILES string of the molecule is CC1OCCC1NCC(O)C(F)(F)F. The molecule has 1 saturated heterocycles. The Hall–Kier alpha value is -0.330. The lowest BCUT2D eigenvalue weighted by Crippen LogP contribution is -2.44. The van der Waals surface area contributed by atoms with Crippen molar-refractivity contribution in [3.05, 3.63) is 0 Å². The number of hydrogen-bond donors (Lipinski definition) is 2. The van der Waals surface area contributed by atoms with Gasteiger partial charge in [-0.15, -0.1) is 0 Å². The third-order valence-electron chi connectivity index (χ3n) is 2.33. The van der Waals surface area contributed by atoms with Gasteiger partial charge in [-0.2, -0.15) is 13.2 Å². The maximum absolute atomic E-state index is 11.9. The normalized spacial score (nSPS) is 30.6. The fourth-order valence-corrected chi connectivity index (χ4v) is 1.38. The summed E-state index contributed by atoms with van der Waals surface area (Å²) in [5.74, 6) is 0. The summed E-state index contributed by atoms with van der Waals surface area (Å²) in [6, 6.07) is -0.0907. The van der Waals surface area contributed by atoms with E-state index >= 15 is 0 Å². The van der Waals surface area contributed by atoms with Crippen LogP contribution in [0, 0.1) is 0 Å². The Morgan fingerprint density at radius 2 is 2.21 bits per heavy atom. The van der Waals surface area contributed by atoms with E-state index in [1.165, 1.54) is 0 Å². The van der Waals surface area contributed by atoms with Crippen LogP contribution in [-0.2, 0) is 4.74 Å². The Morgan fingerprint density at radius 1 is 1.57 bits per heavy atom. The van der Waals surface area contributed by atoms with Gasteiger partial charge >= 0.3 is 6.18 Å². The van der Waals surface area contributed by atoms with Gasteiger partial charge in [-0.3, -0.25) is 0 Å². The number of hydrogen-bond acceptors (Lipinski definition) is 3. The average molecular weight is 213 g/mol. The fraction of sp³-hybridized carbons (Fsp3) is 1.00. The summed E-state index contributed by atoms with van der Waals surface area (Å²) in [6.07, 6.45) is -6.24. The highest BCUT2D eigenvalue weighted by molar-refractivity contribution is 4.81. The van der Waals surface area contributed by atoms with Crippen molar-refractivity contribution in [1.82, 2.24) is 5.32 Å². The second-order valence-electron chi connectivity index (χ2n) is 3.44. The largest absolute Gasteiger partial charge is 0.415 e. The number of alkyl halides is 3. The fourth-order valence-electron chi connectivity index (χ4n) is 1.38. The van der Waals surface area contributed by atoms with Crippen LogP contribution < -0.4 is 5.32 Å². The Balaban J connectivity index is 2.26. The van der Waals surface area contributed by atoms with E-state index in [1.807, 2.05) is 0 Å². The van der Waals surface area contributed by atoms with Crippen LogP contribution >= 0.6 is 0 Å². The molecule has 84 valence electrons. The van der Waals surface area contributed by atoms with Crippen molar-refractivity contribution in [1.29, 1.82) is 0 Å². The van der Waals surface area contributed by atoms with E-state index < -0.39 is 18.8 Å². The zero-order valence-corrected chi connectivity index (χ0v) is 7.84. The van der Waals surface area contributed by atoms with Gasteiger partial charge in [0.15, 0.2) is 6.10 Å². The molecule has 14 heavy (non-hydrogen) atoms. The lowest BCUT2D eigenvalue weighted by Gasteiger charge is -2.20. The summed E-state index contributed by atoms with van der Waals surface area (Å²) >= 11 is 0. The summed E-state index contributed by atoms with van der Waals surface area (Å²) in [6.45, 7) is 1.88. The van der Waals surface area contributed by atoms with Gasteiger partial charge in [0.2, 0.25) is 0 Å². The number of ether oxygens (including phenoxy) is 1. The second-order valence-corrected chi connectivity index (χ2v) is 3.44. The molecule has 3 nitrogen and oxygen atoms in total. The summed E-state index contributed by atoms with van der Waals surface area (Å²) in [5.41, 5.74) is 0. The molecule has 0 radical (unpaired) electrons. The first kappa shape index (κ1) is 11.7. The molecule has 0 bridgehead atoms. The molecule has 0 aromatic rings. The van der Waals surface area contributed by atoms with E-state index in [0.29, 0.717) is 13.0 Å². The Bertz CT molecular complexity index is 184. The maximum Gasteiger partial charge on any atom is 0.415 e. The lowest BCUT2D eigenvalue weighted by molar-refractivity contribution is -0.202. The van der Waals surface area contributed by atoms with E-state index in [-0.39, 0.29) is 12.1 Å². The number of rotatable bonds is 3. The van der Waals surface area contributed by atoms with E-state index in [2.05, 4.69) is 5.32 Å². The monoisotopic (exact) mass is 213 g/mol. The van der Waals surface area contributed by atoms with Crippen molar-refractivity contribution in [2.24, 2.45) is 0 Å². The zero-order chi connectivity index (χ0) is 10.8. The van der Waals surface area contributed by atoms with E-state index in [9.17, 15) is 13.2 Å². The van der Waals surface area contributed by atoms with Crippen LogP contribution in [0.15, 0.2) is 0 Å². The Morgan fingerprint density at radius 3 is 2.64 bits per heavy atom. The molecular weight excluding hydrogens is 199 g/mol. The summed E-state index contributed by atoms with van der Waals surface area (Å²) < 4.78 is 40.9. The van der Waals surface area contributed by atoms with Crippen LogP contribution in [0.1, 0.15) is 13.3 Å². The van der Waals surface area contributed by atoms with Crippen LogP contribution in [0.4, 0.5) is 13.2 Å². The molecule has 1 fully saturated rings. The molecule has 0 aromatic carbocycles. The number of aliphatic hydroxyl groups is 1. The van der Waals surface area contributed by atoms with Crippen molar-refractivity contribution in [2.75, 3.05) is 13.2 Å². The van der Waals surface area contributed by atoms with Crippen LogP contribution in [0.3, 0.4) is 0 Å². The molecule has 1 heterocycles. The predicted octanol–water partition coefficient (Wildman–Crippen LogP) is 0.677. The topological polar surface area (TPSA) is 41.5 Å². The first-order chi connectivity index (χ1) is 6.41. The van der Waals surface area contributed by atoms with E-state index in [1.54, 1.807) is 6.92 Å². The summed E-state index contributed by atoms with van der Waals surface area (Å²) in [4.78, 5) is 0. The minimum Gasteiger partial charge on any atom is -0.382 e. The van der Waals surface area contributed by atoms with Crippen LogP contribution in [0.25, 0.3) is 0 Å². The van der Waals surface area contributed by atoms with Gasteiger partial charge in [0.05, 0.1) is 6.10 Å². The average Bonchev–Trinajstić information content (AvgIpc) is 2.45. The van der Waals surface area contributed by atoms with E-state index in [0.717, 1.165) is 0 Å². The van der Waals surface area contributed by atoms with Crippen molar-refractivity contribution < 1.29 is 23.0 Å². The molecule has 3 unspecified atom stereocenters. The molecule has 6 heteroatoms. The maximum atomic E-state index is 11.9. The first-order valence-corrected chi connectivity index (χ1v) is 4.51. The molecule has 1 aliphatic rings. The minimum absolute atomic E-state index is 0.0876. The smallest absolute Gasteiger partial charge is 0.382 e. The molecule has 1 aliphatic heterocycles. The van der Waals surface area contributed by atoms with Gasteiger partial charge in [-0.05, 0) is 13.3 Å². The zero-order valence-electron chi connectivity index (χ0n) is 7.84. The van der Waals surface area contributed by atoms with Crippen LogP contribution in [0.2, 0.25) is 0 Å². The van der Waals surface area contributed by atoms with Gasteiger partial charge in [-0.1, -0.05) is 0 Å². The Labute approximate surface area is 80.2 Å². The molecule has 0 spiro atoms. The third-order valence-corrected chi connectivity index (χ3v) is 2.33. The molecule has 0 amide bonds. The predicted molar refractivity (Wildman–Crippen MR) is 43.9 cm³/mol. The van der Waals surface area contributed by atoms with Gasteiger partial charge in [0, 0.05) is 19.2 Å². The summed E-state index contributed by atoms with van der Waals surface area (Å²) in [5, 5.41) is 11.3. The van der Waals surface area contributed by atoms with Gasteiger partial charge in [0.25, 0.3) is 0 Å². The molecule has 0 aromatic heterocycles. The van der Waals surface area contributed by atoms with Crippen LogP contribution in [0.5, 0.6) is 0 Å². The standard InChI is InChI=1S/C8H14F3NO2/c1-5-6(2-3-14-5)12-4-7(13)8(9,10)11/h5-7,12-13H,2-4H2,1H3. The van der Waals surface area contributed by atoms with Gasteiger partial charge < -0.3 is 15.2 Å². The van der Waals surface area contributed by atoms with Crippen molar-refractivity contribution in [3.8, 4) is 0 Å². The van der Waals surface area contributed by atoms with E-state index in [4.69, 9.17) is 9.84 Å². The molecule has 2 N–H and O–H groups in total. The van der Waals surface area contributed by atoms with Crippen LogP contribution in [-0.4, -0.2) is 42.7 Å². The lowest BCUT2D eigenvalue weighted by atomic mass is 10.1. The van der Waals surface area contributed by atoms with Crippen molar-refractivity contribution >= 4 is 0 Å². The first-order valence-electron chi connectivity index (χ1n) is 4.51. The second kappa shape index (κ2) is 4.46.